The lowest BCUT2D eigenvalue weighted by atomic mass is 10.2. The summed E-state index contributed by atoms with van der Waals surface area (Å²) in [5, 5.41) is 9.35. The summed E-state index contributed by atoms with van der Waals surface area (Å²) in [5.41, 5.74) is 0.508. The molecule has 0 aliphatic carbocycles. The number of hydrogen-bond donors (Lipinski definition) is 2. The van der Waals surface area contributed by atoms with Crippen molar-refractivity contribution in [1.82, 2.24) is 9.78 Å². The smallest absolute Gasteiger partial charge is 0.324 e. The second-order valence-corrected chi connectivity index (χ2v) is 4.33. The van der Waals surface area contributed by atoms with E-state index < -0.39 is 6.03 Å². The van der Waals surface area contributed by atoms with Crippen LogP contribution in [0.5, 0.6) is 17.2 Å². The van der Waals surface area contributed by atoms with Gasteiger partial charge < -0.3 is 19.5 Å². The number of aryl methyl sites for hydroxylation is 1. The Bertz CT molecular complexity index is 644. The van der Waals surface area contributed by atoms with Crippen LogP contribution in [0.4, 0.5) is 16.3 Å². The third kappa shape index (κ3) is 3.22. The molecule has 2 aromatic rings. The van der Waals surface area contributed by atoms with Gasteiger partial charge >= 0.3 is 6.03 Å². The Morgan fingerprint density at radius 2 is 1.73 bits per heavy atom. The molecule has 0 atom stereocenters. The van der Waals surface area contributed by atoms with Crippen molar-refractivity contribution in [3.05, 3.63) is 24.4 Å². The van der Waals surface area contributed by atoms with Crippen molar-refractivity contribution in [2.24, 2.45) is 7.05 Å². The minimum absolute atomic E-state index is 0.405. The molecule has 0 saturated carbocycles. The van der Waals surface area contributed by atoms with E-state index in [1.807, 2.05) is 0 Å². The Kier molecular flexibility index (Phi) is 4.72. The predicted molar refractivity (Wildman–Crippen MR) is 81.9 cm³/mol. The van der Waals surface area contributed by atoms with Crippen molar-refractivity contribution in [2.45, 2.75) is 0 Å². The molecule has 2 N–H and O–H groups in total. The summed E-state index contributed by atoms with van der Waals surface area (Å²) < 4.78 is 17.2. The number of benzene rings is 1. The molecule has 0 spiro atoms. The van der Waals surface area contributed by atoms with Gasteiger partial charge in [0.25, 0.3) is 0 Å². The molecular formula is C14H18N4O4. The van der Waals surface area contributed by atoms with E-state index in [1.165, 1.54) is 21.3 Å². The molecule has 2 amide bonds. The summed E-state index contributed by atoms with van der Waals surface area (Å²) in [6.07, 6.45) is 1.59. The zero-order valence-corrected chi connectivity index (χ0v) is 12.8. The summed E-state index contributed by atoms with van der Waals surface area (Å²) in [4.78, 5) is 12.0. The molecule has 8 heteroatoms. The molecule has 118 valence electrons. The molecule has 0 unspecified atom stereocenters. The summed E-state index contributed by atoms with van der Waals surface area (Å²) in [6, 6.07) is 4.57. The molecular weight excluding hydrogens is 288 g/mol. The normalized spacial score (nSPS) is 10.0. The number of hydrogen-bond acceptors (Lipinski definition) is 5. The van der Waals surface area contributed by atoms with Crippen LogP contribution in [0.3, 0.4) is 0 Å². The maximum atomic E-state index is 12.0. The van der Waals surface area contributed by atoms with Crippen LogP contribution in [-0.4, -0.2) is 37.1 Å². The highest BCUT2D eigenvalue weighted by Gasteiger charge is 2.14. The van der Waals surface area contributed by atoms with E-state index in [0.717, 1.165) is 0 Å². The second-order valence-electron chi connectivity index (χ2n) is 4.33. The number of carbonyl (C=O) groups excluding carboxylic acids is 1. The maximum absolute atomic E-state index is 12.0. The fourth-order valence-electron chi connectivity index (χ4n) is 1.93. The highest BCUT2D eigenvalue weighted by Crippen LogP contribution is 2.39. The molecule has 2 rings (SSSR count). The quantitative estimate of drug-likeness (QED) is 0.883. The third-order valence-electron chi connectivity index (χ3n) is 2.99. The molecule has 0 bridgehead atoms. The largest absolute Gasteiger partial charge is 0.493 e. The highest BCUT2D eigenvalue weighted by atomic mass is 16.5. The number of nitrogens with zero attached hydrogens (tertiary/aromatic N) is 2. The lowest BCUT2D eigenvalue weighted by molar-refractivity contribution is 0.262. The Balaban J connectivity index is 2.18. The Morgan fingerprint density at radius 1 is 1.09 bits per heavy atom. The van der Waals surface area contributed by atoms with E-state index in [-0.39, 0.29) is 0 Å². The molecule has 8 nitrogen and oxygen atoms in total. The molecule has 0 fully saturated rings. The number of ether oxygens (including phenoxy) is 3. The first-order valence-corrected chi connectivity index (χ1v) is 6.45. The van der Waals surface area contributed by atoms with Gasteiger partial charge in [-0.2, -0.15) is 5.10 Å². The molecule has 0 aliphatic rings. The summed E-state index contributed by atoms with van der Waals surface area (Å²) in [5.74, 6) is 1.95. The van der Waals surface area contributed by atoms with Gasteiger partial charge in [0.1, 0.15) is 5.82 Å². The minimum atomic E-state index is -0.405. The topological polar surface area (TPSA) is 86.6 Å². The Morgan fingerprint density at radius 3 is 2.18 bits per heavy atom. The van der Waals surface area contributed by atoms with Gasteiger partial charge in [0.15, 0.2) is 11.5 Å². The number of methoxy groups -OCH3 is 3. The van der Waals surface area contributed by atoms with Crippen molar-refractivity contribution in [3.8, 4) is 17.2 Å². The van der Waals surface area contributed by atoms with Gasteiger partial charge in [0, 0.05) is 25.2 Å². The van der Waals surface area contributed by atoms with Crippen LogP contribution in [0.2, 0.25) is 0 Å². The number of nitrogens with one attached hydrogen (secondary N) is 2. The second kappa shape index (κ2) is 6.70. The number of aromatic nitrogens is 2. The van der Waals surface area contributed by atoms with Gasteiger partial charge in [-0.05, 0) is 0 Å². The van der Waals surface area contributed by atoms with Gasteiger partial charge in [-0.1, -0.05) is 0 Å². The van der Waals surface area contributed by atoms with Crippen LogP contribution in [0, 0.1) is 0 Å². The fraction of sp³-hybridized carbons (Fsp3) is 0.286. The standard InChI is InChI=1S/C14H18N4O4/c1-18-12(5-6-15-18)17-14(19)16-9-7-10(20-2)13(22-4)11(8-9)21-3/h5-8H,1-4H3,(H2,16,17,19). The van der Waals surface area contributed by atoms with Gasteiger partial charge in [-0.25, -0.2) is 4.79 Å². The summed E-state index contributed by atoms with van der Waals surface area (Å²) >= 11 is 0. The molecule has 1 heterocycles. The van der Waals surface area contributed by atoms with E-state index >= 15 is 0 Å². The molecule has 0 saturated heterocycles. The predicted octanol–water partition coefficient (Wildman–Crippen LogP) is 2.09. The van der Waals surface area contributed by atoms with E-state index in [4.69, 9.17) is 14.2 Å². The van der Waals surface area contributed by atoms with Gasteiger partial charge in [0.2, 0.25) is 5.75 Å². The lowest BCUT2D eigenvalue weighted by Gasteiger charge is -2.14. The third-order valence-corrected chi connectivity index (χ3v) is 2.99. The van der Waals surface area contributed by atoms with Gasteiger partial charge in [-0.15, -0.1) is 0 Å². The molecule has 1 aromatic heterocycles. The maximum Gasteiger partial charge on any atom is 0.324 e. The van der Waals surface area contributed by atoms with Crippen molar-refractivity contribution in [3.63, 3.8) is 0 Å². The number of carbonyl (C=O) groups is 1. The first-order chi connectivity index (χ1) is 10.6. The average molecular weight is 306 g/mol. The zero-order valence-electron chi connectivity index (χ0n) is 12.8. The van der Waals surface area contributed by atoms with Crippen LogP contribution in [-0.2, 0) is 7.05 Å². The van der Waals surface area contributed by atoms with Crippen molar-refractivity contribution in [2.75, 3.05) is 32.0 Å². The van der Waals surface area contributed by atoms with Crippen molar-refractivity contribution < 1.29 is 19.0 Å². The SMILES string of the molecule is COc1cc(NC(=O)Nc2ccnn2C)cc(OC)c1OC. The van der Waals surface area contributed by atoms with Crippen LogP contribution in [0.25, 0.3) is 0 Å². The van der Waals surface area contributed by atoms with E-state index in [9.17, 15) is 4.79 Å². The zero-order chi connectivity index (χ0) is 16.1. The Hall–Kier alpha value is -2.90. The first kappa shape index (κ1) is 15.5. The van der Waals surface area contributed by atoms with Crippen molar-refractivity contribution >= 4 is 17.5 Å². The molecule has 0 aliphatic heterocycles. The van der Waals surface area contributed by atoms with Crippen LogP contribution in [0.1, 0.15) is 0 Å². The molecule has 0 radical (unpaired) electrons. The van der Waals surface area contributed by atoms with Crippen LogP contribution >= 0.6 is 0 Å². The highest BCUT2D eigenvalue weighted by molar-refractivity contribution is 5.99. The van der Waals surface area contributed by atoms with Crippen molar-refractivity contribution in [1.29, 1.82) is 0 Å². The average Bonchev–Trinajstić information content (AvgIpc) is 2.91. The van der Waals surface area contributed by atoms with Gasteiger partial charge in [0.05, 0.1) is 33.2 Å². The van der Waals surface area contributed by atoms with E-state index in [1.54, 1.807) is 36.1 Å². The van der Waals surface area contributed by atoms with E-state index in [2.05, 4.69) is 15.7 Å². The summed E-state index contributed by atoms with van der Waals surface area (Å²) in [7, 11) is 6.27. The summed E-state index contributed by atoms with van der Waals surface area (Å²) in [6.45, 7) is 0. The number of urea groups is 1. The first-order valence-electron chi connectivity index (χ1n) is 6.45. The number of amides is 2. The number of anilines is 2. The van der Waals surface area contributed by atoms with Crippen LogP contribution < -0.4 is 24.8 Å². The Labute approximate surface area is 128 Å². The minimum Gasteiger partial charge on any atom is -0.493 e. The lowest BCUT2D eigenvalue weighted by Crippen LogP contribution is -2.21. The van der Waals surface area contributed by atoms with Gasteiger partial charge in [-0.3, -0.25) is 10.00 Å². The van der Waals surface area contributed by atoms with Crippen LogP contribution in [0.15, 0.2) is 24.4 Å². The fourth-order valence-corrected chi connectivity index (χ4v) is 1.93. The molecule has 1 aromatic carbocycles. The number of rotatable bonds is 5. The molecule has 22 heavy (non-hydrogen) atoms. The monoisotopic (exact) mass is 306 g/mol. The van der Waals surface area contributed by atoms with E-state index in [0.29, 0.717) is 28.8 Å².